The molecule has 0 saturated heterocycles. The lowest BCUT2D eigenvalue weighted by molar-refractivity contribution is -0.384. The summed E-state index contributed by atoms with van der Waals surface area (Å²) in [6.45, 7) is 5.58. The zero-order valence-electron chi connectivity index (χ0n) is 12.2. The first-order valence-corrected chi connectivity index (χ1v) is 7.25. The molecule has 0 bridgehead atoms. The highest BCUT2D eigenvalue weighted by atomic mass is 32.1. The molecule has 0 fully saturated rings. The molecule has 6 nitrogen and oxygen atoms in total. The standard InChI is InChI=1S/C14H19N3O3S/c1-3-5-10-16(4-2)14(21)15-13(18)11-6-8-12(9-7-11)17(19)20/h6-9H,3-5,10H2,1-2H3,(H,15,18,21). The van der Waals surface area contributed by atoms with Gasteiger partial charge in [0, 0.05) is 30.8 Å². The molecule has 0 aliphatic rings. The minimum absolute atomic E-state index is 0.0488. The van der Waals surface area contributed by atoms with Crippen LogP contribution >= 0.6 is 12.2 Å². The number of carbonyl (C=O) groups is 1. The lowest BCUT2D eigenvalue weighted by Gasteiger charge is -2.23. The number of nitro benzene ring substituents is 1. The van der Waals surface area contributed by atoms with Crippen molar-refractivity contribution in [2.45, 2.75) is 26.7 Å². The van der Waals surface area contributed by atoms with Gasteiger partial charge in [-0.1, -0.05) is 13.3 Å². The number of thiocarbonyl (C=S) groups is 1. The van der Waals surface area contributed by atoms with E-state index in [0.29, 0.717) is 10.7 Å². The van der Waals surface area contributed by atoms with Gasteiger partial charge in [0.2, 0.25) is 0 Å². The normalized spacial score (nSPS) is 10.0. The zero-order valence-corrected chi connectivity index (χ0v) is 13.0. The average molecular weight is 309 g/mol. The highest BCUT2D eigenvalue weighted by Crippen LogP contribution is 2.11. The molecule has 0 aromatic heterocycles. The molecule has 0 atom stereocenters. The summed E-state index contributed by atoms with van der Waals surface area (Å²) < 4.78 is 0. The molecule has 0 heterocycles. The predicted molar refractivity (Wildman–Crippen MR) is 85.3 cm³/mol. The molecule has 0 unspecified atom stereocenters. The third-order valence-electron chi connectivity index (χ3n) is 3.01. The van der Waals surface area contributed by atoms with E-state index in [1.807, 2.05) is 11.8 Å². The molecular formula is C14H19N3O3S. The number of nitrogens with one attached hydrogen (secondary N) is 1. The van der Waals surface area contributed by atoms with Crippen molar-refractivity contribution in [1.82, 2.24) is 10.2 Å². The number of carbonyl (C=O) groups excluding carboxylic acids is 1. The van der Waals surface area contributed by atoms with Gasteiger partial charge in [0.25, 0.3) is 11.6 Å². The number of unbranched alkanes of at least 4 members (excludes halogenated alkanes) is 1. The number of rotatable bonds is 6. The zero-order chi connectivity index (χ0) is 15.8. The van der Waals surface area contributed by atoms with Crippen LogP contribution < -0.4 is 5.32 Å². The van der Waals surface area contributed by atoms with Gasteiger partial charge >= 0.3 is 0 Å². The fourth-order valence-corrected chi connectivity index (χ4v) is 2.05. The Bertz CT molecular complexity index is 517. The van der Waals surface area contributed by atoms with E-state index < -0.39 is 4.92 Å². The number of nitro groups is 1. The van der Waals surface area contributed by atoms with Gasteiger partial charge in [-0.05, 0) is 37.7 Å². The summed E-state index contributed by atoms with van der Waals surface area (Å²) in [5.74, 6) is -0.357. The number of non-ortho nitro benzene ring substituents is 1. The maximum absolute atomic E-state index is 12.0. The Labute approximate surface area is 129 Å². The monoisotopic (exact) mass is 309 g/mol. The van der Waals surface area contributed by atoms with Crippen molar-refractivity contribution in [3.05, 3.63) is 39.9 Å². The fraction of sp³-hybridized carbons (Fsp3) is 0.429. The summed E-state index contributed by atoms with van der Waals surface area (Å²) in [5, 5.41) is 13.6. The van der Waals surface area contributed by atoms with E-state index in [0.717, 1.165) is 25.9 Å². The number of hydrogen-bond acceptors (Lipinski definition) is 4. The van der Waals surface area contributed by atoms with Crippen molar-refractivity contribution < 1.29 is 9.72 Å². The van der Waals surface area contributed by atoms with E-state index in [1.54, 1.807) is 0 Å². The molecule has 1 N–H and O–H groups in total. The Hall–Kier alpha value is -2.02. The van der Waals surface area contributed by atoms with E-state index in [9.17, 15) is 14.9 Å². The Morgan fingerprint density at radius 2 is 1.95 bits per heavy atom. The summed E-state index contributed by atoms with van der Waals surface area (Å²) >= 11 is 5.22. The second-order valence-electron chi connectivity index (χ2n) is 4.50. The summed E-state index contributed by atoms with van der Waals surface area (Å²) in [6, 6.07) is 5.43. The van der Waals surface area contributed by atoms with Gasteiger partial charge in [-0.3, -0.25) is 20.2 Å². The van der Waals surface area contributed by atoms with Gasteiger partial charge in [0.1, 0.15) is 0 Å². The van der Waals surface area contributed by atoms with Gasteiger partial charge in [0.15, 0.2) is 5.11 Å². The Balaban J connectivity index is 2.66. The van der Waals surface area contributed by atoms with Crippen molar-refractivity contribution in [2.75, 3.05) is 13.1 Å². The molecular weight excluding hydrogens is 290 g/mol. The number of hydrogen-bond donors (Lipinski definition) is 1. The van der Waals surface area contributed by atoms with E-state index in [1.165, 1.54) is 24.3 Å². The van der Waals surface area contributed by atoms with Crippen LogP contribution in [0.15, 0.2) is 24.3 Å². The van der Waals surface area contributed by atoms with Gasteiger partial charge in [0.05, 0.1) is 4.92 Å². The lowest BCUT2D eigenvalue weighted by atomic mass is 10.2. The van der Waals surface area contributed by atoms with Crippen molar-refractivity contribution in [3.8, 4) is 0 Å². The highest BCUT2D eigenvalue weighted by molar-refractivity contribution is 7.80. The molecule has 1 amide bonds. The van der Waals surface area contributed by atoms with Crippen molar-refractivity contribution in [2.24, 2.45) is 0 Å². The Morgan fingerprint density at radius 3 is 2.43 bits per heavy atom. The predicted octanol–water partition coefficient (Wildman–Crippen LogP) is 2.73. The first-order valence-electron chi connectivity index (χ1n) is 6.84. The minimum Gasteiger partial charge on any atom is -0.349 e. The van der Waals surface area contributed by atoms with Crippen LogP contribution in [-0.2, 0) is 0 Å². The maximum Gasteiger partial charge on any atom is 0.269 e. The number of benzene rings is 1. The molecule has 21 heavy (non-hydrogen) atoms. The molecule has 1 aromatic carbocycles. The van der Waals surface area contributed by atoms with Gasteiger partial charge in [-0.15, -0.1) is 0 Å². The van der Waals surface area contributed by atoms with Crippen LogP contribution in [0.4, 0.5) is 5.69 Å². The fourth-order valence-electron chi connectivity index (χ4n) is 1.74. The topological polar surface area (TPSA) is 75.5 Å². The largest absolute Gasteiger partial charge is 0.349 e. The van der Waals surface area contributed by atoms with E-state index in [4.69, 9.17) is 12.2 Å². The molecule has 0 aliphatic heterocycles. The first kappa shape index (κ1) is 17.0. The molecule has 114 valence electrons. The van der Waals surface area contributed by atoms with Gasteiger partial charge in [-0.2, -0.15) is 0 Å². The van der Waals surface area contributed by atoms with Gasteiger partial charge in [-0.25, -0.2) is 0 Å². The van der Waals surface area contributed by atoms with Gasteiger partial charge < -0.3 is 4.90 Å². The van der Waals surface area contributed by atoms with E-state index in [-0.39, 0.29) is 11.6 Å². The van der Waals surface area contributed by atoms with Crippen molar-refractivity contribution in [1.29, 1.82) is 0 Å². The van der Waals surface area contributed by atoms with E-state index >= 15 is 0 Å². The Kier molecular flexibility index (Phi) is 6.74. The smallest absolute Gasteiger partial charge is 0.269 e. The molecule has 0 saturated carbocycles. The Morgan fingerprint density at radius 1 is 1.33 bits per heavy atom. The molecule has 0 radical (unpaired) electrons. The average Bonchev–Trinajstić information content (AvgIpc) is 2.48. The molecule has 0 aliphatic carbocycles. The van der Waals surface area contributed by atoms with Crippen LogP contribution in [0, 0.1) is 10.1 Å². The summed E-state index contributed by atoms with van der Waals surface area (Å²) in [4.78, 5) is 24.0. The molecule has 0 spiro atoms. The maximum atomic E-state index is 12.0. The summed E-state index contributed by atoms with van der Waals surface area (Å²) in [7, 11) is 0. The molecule has 1 aromatic rings. The third kappa shape index (κ3) is 5.11. The lowest BCUT2D eigenvalue weighted by Crippen LogP contribution is -2.43. The molecule has 1 rings (SSSR count). The van der Waals surface area contributed by atoms with Crippen LogP contribution in [-0.4, -0.2) is 33.9 Å². The third-order valence-corrected chi connectivity index (χ3v) is 3.37. The molecule has 7 heteroatoms. The first-order chi connectivity index (χ1) is 9.99. The summed E-state index contributed by atoms with van der Waals surface area (Å²) in [5.41, 5.74) is 0.293. The number of amides is 1. The quantitative estimate of drug-likeness (QED) is 0.497. The van der Waals surface area contributed by atoms with Crippen LogP contribution in [0.3, 0.4) is 0 Å². The van der Waals surface area contributed by atoms with Crippen LogP contribution in [0.1, 0.15) is 37.0 Å². The van der Waals surface area contributed by atoms with E-state index in [2.05, 4.69) is 12.2 Å². The van der Waals surface area contributed by atoms with Crippen molar-refractivity contribution in [3.63, 3.8) is 0 Å². The van der Waals surface area contributed by atoms with Crippen LogP contribution in [0.2, 0.25) is 0 Å². The highest BCUT2D eigenvalue weighted by Gasteiger charge is 2.13. The SMILES string of the molecule is CCCCN(CC)C(=S)NC(=O)c1ccc([N+](=O)[O-])cc1. The number of nitrogens with zero attached hydrogens (tertiary/aromatic N) is 2. The second-order valence-corrected chi connectivity index (χ2v) is 4.88. The van der Waals surface area contributed by atoms with Crippen LogP contribution in [0.5, 0.6) is 0 Å². The van der Waals surface area contributed by atoms with Crippen LogP contribution in [0.25, 0.3) is 0 Å². The second kappa shape index (κ2) is 8.31. The minimum atomic E-state index is -0.504. The summed E-state index contributed by atoms with van der Waals surface area (Å²) in [6.07, 6.45) is 2.05. The van der Waals surface area contributed by atoms with Crippen molar-refractivity contribution >= 4 is 28.9 Å².